The Balaban J connectivity index is 2.46. The summed E-state index contributed by atoms with van der Waals surface area (Å²) in [6, 6.07) is 1.66. The van der Waals surface area contributed by atoms with Crippen molar-refractivity contribution in [1.82, 2.24) is 0 Å². The number of carbonyl (C=O) groups is 1. The van der Waals surface area contributed by atoms with Gasteiger partial charge >= 0.3 is 5.97 Å². The van der Waals surface area contributed by atoms with Gasteiger partial charge in [0.1, 0.15) is 19.0 Å². The van der Waals surface area contributed by atoms with Crippen LogP contribution in [0.1, 0.15) is 12.5 Å². The topological polar surface area (TPSA) is 65.0 Å². The van der Waals surface area contributed by atoms with Crippen LogP contribution < -0.4 is 14.2 Å². The maximum Gasteiger partial charge on any atom is 0.306 e. The minimum absolute atomic E-state index is 0.261. The Kier molecular flexibility index (Phi) is 4.04. The van der Waals surface area contributed by atoms with Gasteiger partial charge in [0.05, 0.1) is 18.1 Å². The molecule has 1 heterocycles. The van der Waals surface area contributed by atoms with Crippen molar-refractivity contribution >= 4 is 17.6 Å². The molecule has 0 saturated carbocycles. The Hall–Kier alpha value is -1.62. The first-order valence-electron chi connectivity index (χ1n) is 5.92. The average Bonchev–Trinajstić information content (AvgIpc) is 2.41. The van der Waals surface area contributed by atoms with Crippen LogP contribution in [0, 0.1) is 5.92 Å². The van der Waals surface area contributed by atoms with Crippen LogP contribution >= 0.6 is 11.6 Å². The molecule has 0 bridgehead atoms. The molecular formula is C13H15ClO5. The standard InChI is InChI=1S/C13H15ClO5/c1-7(13(15)16)5-8-11(14)9(17-2)6-10-12(8)19-4-3-18-10/h6-7H,3-5H2,1-2H3,(H,15,16). The molecule has 1 aliphatic heterocycles. The van der Waals surface area contributed by atoms with E-state index in [1.54, 1.807) is 13.0 Å². The van der Waals surface area contributed by atoms with Crippen molar-refractivity contribution in [2.24, 2.45) is 5.92 Å². The predicted molar refractivity (Wildman–Crippen MR) is 69.5 cm³/mol. The molecule has 104 valence electrons. The van der Waals surface area contributed by atoms with Crippen LogP contribution in [0.4, 0.5) is 0 Å². The van der Waals surface area contributed by atoms with Crippen molar-refractivity contribution in [2.75, 3.05) is 20.3 Å². The van der Waals surface area contributed by atoms with E-state index in [9.17, 15) is 4.79 Å². The molecule has 2 rings (SSSR count). The summed E-state index contributed by atoms with van der Waals surface area (Å²) in [6.45, 7) is 2.49. The van der Waals surface area contributed by atoms with Crippen molar-refractivity contribution < 1.29 is 24.1 Å². The quantitative estimate of drug-likeness (QED) is 0.920. The molecule has 0 fully saturated rings. The van der Waals surface area contributed by atoms with Gasteiger partial charge in [-0.3, -0.25) is 4.79 Å². The van der Waals surface area contributed by atoms with Gasteiger partial charge < -0.3 is 19.3 Å². The first-order chi connectivity index (χ1) is 9.04. The van der Waals surface area contributed by atoms with Crippen LogP contribution in [0.25, 0.3) is 0 Å². The Morgan fingerprint density at radius 2 is 2.21 bits per heavy atom. The van der Waals surface area contributed by atoms with Gasteiger partial charge in [0.25, 0.3) is 0 Å². The lowest BCUT2D eigenvalue weighted by atomic mass is 9.99. The molecule has 6 heteroatoms. The average molecular weight is 287 g/mol. The lowest BCUT2D eigenvalue weighted by Crippen LogP contribution is -2.19. The molecule has 1 aromatic carbocycles. The number of benzene rings is 1. The zero-order chi connectivity index (χ0) is 14.0. The van der Waals surface area contributed by atoms with E-state index in [0.717, 1.165) is 0 Å². The summed E-state index contributed by atoms with van der Waals surface area (Å²) in [4.78, 5) is 11.0. The number of carboxylic acid groups (broad SMARTS) is 1. The summed E-state index contributed by atoms with van der Waals surface area (Å²) in [5.74, 6) is 0.0624. The fourth-order valence-electron chi connectivity index (χ4n) is 1.93. The largest absolute Gasteiger partial charge is 0.495 e. The third-order valence-corrected chi connectivity index (χ3v) is 3.39. The Morgan fingerprint density at radius 1 is 1.53 bits per heavy atom. The Labute approximate surface area is 116 Å². The van der Waals surface area contributed by atoms with E-state index in [-0.39, 0.29) is 6.42 Å². The van der Waals surface area contributed by atoms with E-state index in [0.29, 0.717) is 41.0 Å². The van der Waals surface area contributed by atoms with Crippen molar-refractivity contribution in [3.8, 4) is 17.2 Å². The first kappa shape index (κ1) is 13.8. The van der Waals surface area contributed by atoms with E-state index in [1.165, 1.54) is 7.11 Å². The normalized spacial score (nSPS) is 14.9. The second-order valence-electron chi connectivity index (χ2n) is 4.34. The lowest BCUT2D eigenvalue weighted by molar-refractivity contribution is -0.141. The number of hydrogen-bond donors (Lipinski definition) is 1. The van der Waals surface area contributed by atoms with Crippen molar-refractivity contribution in [2.45, 2.75) is 13.3 Å². The number of ether oxygens (including phenoxy) is 3. The van der Waals surface area contributed by atoms with Crippen molar-refractivity contribution in [3.05, 3.63) is 16.7 Å². The van der Waals surface area contributed by atoms with Crippen LogP contribution in [0.5, 0.6) is 17.2 Å². The minimum atomic E-state index is -0.885. The zero-order valence-corrected chi connectivity index (χ0v) is 11.5. The minimum Gasteiger partial charge on any atom is -0.495 e. The van der Waals surface area contributed by atoms with E-state index < -0.39 is 11.9 Å². The van der Waals surface area contributed by atoms with Crippen LogP contribution in [-0.4, -0.2) is 31.4 Å². The fourth-order valence-corrected chi connectivity index (χ4v) is 2.22. The smallest absolute Gasteiger partial charge is 0.306 e. The molecule has 1 unspecified atom stereocenters. The zero-order valence-electron chi connectivity index (χ0n) is 10.7. The number of aliphatic carboxylic acids is 1. The van der Waals surface area contributed by atoms with E-state index >= 15 is 0 Å². The molecule has 0 amide bonds. The number of carboxylic acids is 1. The van der Waals surface area contributed by atoms with Crippen LogP contribution in [0.2, 0.25) is 5.02 Å². The number of halogens is 1. The molecule has 1 aromatic rings. The Bertz CT molecular complexity index is 500. The van der Waals surface area contributed by atoms with Gasteiger partial charge in [0.2, 0.25) is 0 Å². The molecule has 0 aromatic heterocycles. The number of fused-ring (bicyclic) bond motifs is 1. The Morgan fingerprint density at radius 3 is 2.84 bits per heavy atom. The second-order valence-corrected chi connectivity index (χ2v) is 4.72. The van der Waals surface area contributed by atoms with Crippen LogP contribution in [0.3, 0.4) is 0 Å². The maximum atomic E-state index is 11.0. The summed E-state index contributed by atoms with van der Waals surface area (Å²) in [6.07, 6.45) is 0.261. The molecule has 0 saturated heterocycles. The molecular weight excluding hydrogens is 272 g/mol. The van der Waals surface area contributed by atoms with Gasteiger partial charge in [-0.25, -0.2) is 0 Å². The van der Waals surface area contributed by atoms with Gasteiger partial charge in [-0.15, -0.1) is 0 Å². The van der Waals surface area contributed by atoms with Crippen LogP contribution in [0.15, 0.2) is 6.07 Å². The molecule has 0 radical (unpaired) electrons. The molecule has 0 aliphatic carbocycles. The van der Waals surface area contributed by atoms with Gasteiger partial charge in [-0.1, -0.05) is 18.5 Å². The first-order valence-corrected chi connectivity index (χ1v) is 6.30. The van der Waals surface area contributed by atoms with Crippen LogP contribution in [-0.2, 0) is 11.2 Å². The van der Waals surface area contributed by atoms with E-state index in [4.69, 9.17) is 30.9 Å². The second kappa shape index (κ2) is 5.57. The summed E-state index contributed by atoms with van der Waals surface area (Å²) < 4.78 is 16.2. The summed E-state index contributed by atoms with van der Waals surface area (Å²) in [7, 11) is 1.50. The van der Waals surface area contributed by atoms with Gasteiger partial charge in [0, 0.05) is 11.6 Å². The molecule has 0 spiro atoms. The summed E-state index contributed by atoms with van der Waals surface area (Å²) >= 11 is 6.24. The van der Waals surface area contributed by atoms with E-state index in [1.807, 2.05) is 0 Å². The molecule has 5 nitrogen and oxygen atoms in total. The van der Waals surface area contributed by atoms with E-state index in [2.05, 4.69) is 0 Å². The summed E-state index contributed by atoms with van der Waals surface area (Å²) in [5, 5.41) is 9.39. The SMILES string of the molecule is COc1cc2c(c(CC(C)C(=O)O)c1Cl)OCCO2. The summed E-state index contributed by atoms with van der Waals surface area (Å²) in [5.41, 5.74) is 0.616. The molecule has 19 heavy (non-hydrogen) atoms. The lowest BCUT2D eigenvalue weighted by Gasteiger charge is -2.24. The third kappa shape index (κ3) is 2.71. The highest BCUT2D eigenvalue weighted by Gasteiger charge is 2.25. The monoisotopic (exact) mass is 286 g/mol. The van der Waals surface area contributed by atoms with Gasteiger partial charge in [0.15, 0.2) is 11.5 Å². The molecule has 1 atom stereocenters. The third-order valence-electron chi connectivity index (χ3n) is 2.98. The number of hydrogen-bond acceptors (Lipinski definition) is 4. The van der Waals surface area contributed by atoms with Gasteiger partial charge in [-0.05, 0) is 6.42 Å². The van der Waals surface area contributed by atoms with Gasteiger partial charge in [-0.2, -0.15) is 0 Å². The number of rotatable bonds is 4. The predicted octanol–water partition coefficient (Wildman–Crippen LogP) is 2.38. The molecule has 1 aliphatic rings. The highest BCUT2D eigenvalue weighted by atomic mass is 35.5. The highest BCUT2D eigenvalue weighted by molar-refractivity contribution is 6.33. The van der Waals surface area contributed by atoms with Crippen molar-refractivity contribution in [3.63, 3.8) is 0 Å². The fraction of sp³-hybridized carbons (Fsp3) is 0.462. The highest BCUT2D eigenvalue weighted by Crippen LogP contribution is 2.44. The molecule has 1 N–H and O–H groups in total. The maximum absolute atomic E-state index is 11.0. The number of methoxy groups -OCH3 is 1. The van der Waals surface area contributed by atoms with Crippen molar-refractivity contribution in [1.29, 1.82) is 0 Å².